The van der Waals surface area contributed by atoms with Crippen LogP contribution in [-0.4, -0.2) is 27.3 Å². The molecule has 0 unspecified atom stereocenters. The molecule has 10 heteroatoms. The molecule has 1 aromatic heterocycles. The molecule has 0 bridgehead atoms. The lowest BCUT2D eigenvalue weighted by Crippen LogP contribution is -2.28. The van der Waals surface area contributed by atoms with Crippen molar-refractivity contribution in [1.82, 2.24) is 4.90 Å². The second-order valence-corrected chi connectivity index (χ2v) is 9.36. The van der Waals surface area contributed by atoms with Crippen LogP contribution in [0.1, 0.15) is 16.9 Å². The van der Waals surface area contributed by atoms with Crippen molar-refractivity contribution in [3.05, 3.63) is 91.3 Å². The second-order valence-electron chi connectivity index (χ2n) is 6.59. The molecule has 1 N–H and O–H groups in total. The van der Waals surface area contributed by atoms with E-state index in [0.29, 0.717) is 31.4 Å². The molecule has 1 fully saturated rings. The minimum atomic E-state index is -0.341. The number of nitrogens with zero attached hydrogens (tertiary/aromatic N) is 3. The van der Waals surface area contributed by atoms with Gasteiger partial charge in [-0.25, -0.2) is 4.39 Å². The highest BCUT2D eigenvalue weighted by atomic mass is 79.9. The summed E-state index contributed by atoms with van der Waals surface area (Å²) in [6.45, 7) is 0.176. The van der Waals surface area contributed by atoms with Gasteiger partial charge in [0.15, 0.2) is 5.17 Å². The lowest BCUT2D eigenvalue weighted by molar-refractivity contribution is -0.122. The number of carbonyl (C=O) groups is 1. The minimum Gasteiger partial charge on any atom is -0.506 e. The largest absolute Gasteiger partial charge is 0.506 e. The Morgan fingerprint density at radius 2 is 1.97 bits per heavy atom. The molecule has 0 aliphatic carbocycles. The van der Waals surface area contributed by atoms with Gasteiger partial charge in [0.25, 0.3) is 5.91 Å². The molecule has 4 rings (SSSR count). The zero-order valence-corrected chi connectivity index (χ0v) is 20.2. The van der Waals surface area contributed by atoms with Gasteiger partial charge in [-0.2, -0.15) is 5.10 Å². The van der Waals surface area contributed by atoms with Crippen molar-refractivity contribution < 1.29 is 18.7 Å². The molecule has 162 valence electrons. The average Bonchev–Trinajstić information content (AvgIpc) is 3.37. The lowest BCUT2D eigenvalue weighted by Gasteiger charge is -2.12. The van der Waals surface area contributed by atoms with Crippen molar-refractivity contribution in [3.63, 3.8) is 0 Å². The molecule has 0 atom stereocenters. The van der Waals surface area contributed by atoms with Gasteiger partial charge in [-0.05, 0) is 75.7 Å². The molecule has 0 radical (unpaired) electrons. The molecule has 0 saturated carbocycles. The van der Waals surface area contributed by atoms with Crippen LogP contribution in [0.4, 0.5) is 4.39 Å². The number of aromatic hydroxyl groups is 1. The molecule has 1 saturated heterocycles. The highest BCUT2D eigenvalue weighted by molar-refractivity contribution is 9.11. The van der Waals surface area contributed by atoms with Crippen molar-refractivity contribution in [1.29, 1.82) is 0 Å². The summed E-state index contributed by atoms with van der Waals surface area (Å²) in [6.07, 6.45) is 4.60. The second kappa shape index (κ2) is 9.85. The number of furan rings is 1. The summed E-state index contributed by atoms with van der Waals surface area (Å²) in [7, 11) is 0. The van der Waals surface area contributed by atoms with Crippen molar-refractivity contribution >= 4 is 67.0 Å². The number of phenolic OH excluding ortho intramolecular Hbond substituents is 1. The molecule has 3 aromatic rings. The maximum absolute atomic E-state index is 13.1. The summed E-state index contributed by atoms with van der Waals surface area (Å²) < 4.78 is 19.7. The highest BCUT2D eigenvalue weighted by Crippen LogP contribution is 2.38. The van der Waals surface area contributed by atoms with Gasteiger partial charge in [-0.3, -0.25) is 9.69 Å². The van der Waals surface area contributed by atoms with Crippen LogP contribution in [0.15, 0.2) is 83.3 Å². The molecule has 2 aromatic carbocycles. The Hall–Kier alpha value is -2.69. The standard InChI is InChI=1S/C22H14Br2FN3O3S/c23-15-8-14(20(29)18(24)10-15)9-19-21(30)28(12-17-2-1-7-31-17)22(32-19)27-26-11-13-3-5-16(25)6-4-13/h1-11,29H,12H2/b19-9-,26-11-,27-22+. The fourth-order valence-corrected chi connectivity index (χ4v) is 5.00. The topological polar surface area (TPSA) is 78.4 Å². The average molecular weight is 579 g/mol. The maximum atomic E-state index is 13.1. The molecule has 32 heavy (non-hydrogen) atoms. The highest BCUT2D eigenvalue weighted by Gasteiger charge is 2.34. The van der Waals surface area contributed by atoms with E-state index in [9.17, 15) is 14.3 Å². The molecule has 0 spiro atoms. The number of hydrogen-bond donors (Lipinski definition) is 1. The Bertz CT molecular complexity index is 1240. The van der Waals surface area contributed by atoms with E-state index >= 15 is 0 Å². The van der Waals surface area contributed by atoms with E-state index in [0.717, 1.165) is 16.2 Å². The van der Waals surface area contributed by atoms with Crippen LogP contribution in [-0.2, 0) is 11.3 Å². The van der Waals surface area contributed by atoms with Crippen LogP contribution in [0.5, 0.6) is 5.75 Å². The Balaban J connectivity index is 1.66. The monoisotopic (exact) mass is 577 g/mol. The van der Waals surface area contributed by atoms with Gasteiger partial charge < -0.3 is 9.52 Å². The van der Waals surface area contributed by atoms with Gasteiger partial charge in [0.2, 0.25) is 0 Å². The molecular weight excluding hydrogens is 565 g/mol. The number of thioether (sulfide) groups is 1. The van der Waals surface area contributed by atoms with Gasteiger partial charge in [-0.1, -0.05) is 28.1 Å². The van der Waals surface area contributed by atoms with E-state index in [1.165, 1.54) is 29.5 Å². The van der Waals surface area contributed by atoms with Gasteiger partial charge in [0.1, 0.15) is 17.3 Å². The number of hydrogen-bond acceptors (Lipinski definition) is 6. The van der Waals surface area contributed by atoms with Gasteiger partial charge >= 0.3 is 0 Å². The number of amidine groups is 1. The van der Waals surface area contributed by atoms with E-state index in [2.05, 4.69) is 42.1 Å². The number of phenols is 1. The molecule has 6 nitrogen and oxygen atoms in total. The van der Waals surface area contributed by atoms with Gasteiger partial charge in [0, 0.05) is 10.0 Å². The first kappa shape index (κ1) is 22.5. The normalized spacial score (nSPS) is 16.7. The first-order valence-corrected chi connectivity index (χ1v) is 11.6. The van der Waals surface area contributed by atoms with E-state index in [1.54, 1.807) is 42.5 Å². The molecular formula is C22H14Br2FN3O3S. The van der Waals surface area contributed by atoms with E-state index in [1.807, 2.05) is 0 Å². The van der Waals surface area contributed by atoms with Crippen molar-refractivity contribution in [2.24, 2.45) is 10.2 Å². The summed E-state index contributed by atoms with van der Waals surface area (Å²) in [4.78, 5) is 14.9. The van der Waals surface area contributed by atoms with Crippen molar-refractivity contribution in [2.45, 2.75) is 6.54 Å². The van der Waals surface area contributed by atoms with Crippen LogP contribution in [0.25, 0.3) is 6.08 Å². The maximum Gasteiger partial charge on any atom is 0.267 e. The Labute approximate surface area is 203 Å². The molecule has 1 aliphatic heterocycles. The third-order valence-corrected chi connectivity index (χ3v) is 6.41. The summed E-state index contributed by atoms with van der Waals surface area (Å²) in [5.41, 5.74) is 1.14. The van der Waals surface area contributed by atoms with Crippen LogP contribution in [0.3, 0.4) is 0 Å². The van der Waals surface area contributed by atoms with Crippen molar-refractivity contribution in [2.75, 3.05) is 0 Å². The zero-order chi connectivity index (χ0) is 22.7. The van der Waals surface area contributed by atoms with Crippen LogP contribution >= 0.6 is 43.6 Å². The molecule has 1 aliphatic rings. The van der Waals surface area contributed by atoms with Crippen LogP contribution in [0, 0.1) is 5.82 Å². The van der Waals surface area contributed by atoms with Crippen LogP contribution < -0.4 is 0 Å². The SMILES string of the molecule is O=C1/C(=C/c2cc(Br)cc(Br)c2O)S/C(=N/N=C\c2ccc(F)cc2)N1Cc1ccco1. The predicted molar refractivity (Wildman–Crippen MR) is 130 cm³/mol. The predicted octanol–water partition coefficient (Wildman–Crippen LogP) is 6.16. The Kier molecular flexibility index (Phi) is 6.92. The zero-order valence-electron chi connectivity index (χ0n) is 16.2. The van der Waals surface area contributed by atoms with E-state index in [4.69, 9.17) is 4.42 Å². The summed E-state index contributed by atoms with van der Waals surface area (Å²) in [5, 5.41) is 19.0. The van der Waals surface area contributed by atoms with Gasteiger partial charge in [-0.15, -0.1) is 5.10 Å². The van der Waals surface area contributed by atoms with Crippen LogP contribution in [0.2, 0.25) is 0 Å². The molecule has 2 heterocycles. The third-order valence-electron chi connectivity index (χ3n) is 4.35. The number of rotatable bonds is 5. The van der Waals surface area contributed by atoms with E-state index in [-0.39, 0.29) is 24.0 Å². The minimum absolute atomic E-state index is 0.0198. The van der Waals surface area contributed by atoms with Crippen molar-refractivity contribution in [3.8, 4) is 5.75 Å². The number of benzene rings is 2. The number of amides is 1. The first-order valence-electron chi connectivity index (χ1n) is 9.19. The van der Waals surface area contributed by atoms with E-state index < -0.39 is 0 Å². The quantitative estimate of drug-likeness (QED) is 0.223. The Morgan fingerprint density at radius 1 is 1.19 bits per heavy atom. The number of carbonyl (C=O) groups excluding carboxylic acids is 1. The fourth-order valence-electron chi connectivity index (χ4n) is 2.81. The first-order chi connectivity index (χ1) is 15.4. The van der Waals surface area contributed by atoms with Gasteiger partial charge in [0.05, 0.1) is 28.4 Å². The fraction of sp³-hybridized carbons (Fsp3) is 0.0455. The smallest absolute Gasteiger partial charge is 0.267 e. The Morgan fingerprint density at radius 3 is 2.69 bits per heavy atom. The lowest BCUT2D eigenvalue weighted by atomic mass is 10.2. The third kappa shape index (κ3) is 5.20. The molecule has 1 amide bonds. The summed E-state index contributed by atoms with van der Waals surface area (Å²) in [6, 6.07) is 12.7. The number of halogens is 3. The summed E-state index contributed by atoms with van der Waals surface area (Å²) >= 11 is 7.81. The summed E-state index contributed by atoms with van der Waals surface area (Å²) in [5.74, 6) is -0.0280.